The third-order valence-corrected chi connectivity index (χ3v) is 2.79. The van der Waals surface area contributed by atoms with Crippen LogP contribution in [0.3, 0.4) is 0 Å². The molecule has 0 aromatic heterocycles. The molecular weight excluding hydrogens is 243 g/mol. The molecule has 0 unspecified atom stereocenters. The summed E-state index contributed by atoms with van der Waals surface area (Å²) < 4.78 is 0. The fourth-order valence-electron chi connectivity index (χ4n) is 2.02. The molecule has 0 aliphatic heterocycles. The van der Waals surface area contributed by atoms with Crippen LogP contribution >= 0.6 is 0 Å². The van der Waals surface area contributed by atoms with Crippen LogP contribution < -0.4 is 0 Å². The molecule has 0 N–H and O–H groups in total. The molecule has 92 valence electrons. The molecule has 3 rings (SSSR count). The van der Waals surface area contributed by atoms with Gasteiger partial charge < -0.3 is 14.9 Å². The van der Waals surface area contributed by atoms with Crippen molar-refractivity contribution in [3.8, 4) is 11.1 Å². The fourth-order valence-corrected chi connectivity index (χ4v) is 2.02. The summed E-state index contributed by atoms with van der Waals surface area (Å²) in [6.07, 6.45) is 0. The monoisotopic (exact) mass is 260 g/mol. The van der Waals surface area contributed by atoms with Crippen LogP contribution in [0.5, 0.6) is 0 Å². The first-order valence-electron chi connectivity index (χ1n) is 5.40. The normalized spacial score (nSPS) is 8.84. The average molecular weight is 260 g/mol. The van der Waals surface area contributed by atoms with E-state index < -0.39 is 0 Å². The van der Waals surface area contributed by atoms with E-state index in [-0.39, 0.29) is 32.2 Å². The van der Waals surface area contributed by atoms with Crippen LogP contribution in [-0.4, -0.2) is 17.4 Å². The Hall–Kier alpha value is -1.55. The molecule has 0 bridgehead atoms. The van der Waals surface area contributed by atoms with Crippen molar-refractivity contribution in [2.24, 2.45) is 0 Å². The largest absolute Gasteiger partial charge is 3.00 e. The summed E-state index contributed by atoms with van der Waals surface area (Å²) in [5, 5.41) is 2.43. The van der Waals surface area contributed by atoms with Crippen molar-refractivity contribution < 1.29 is 0 Å². The number of benzene rings is 3. The van der Waals surface area contributed by atoms with Crippen molar-refractivity contribution in [2.75, 3.05) is 0 Å². The maximum Gasteiger partial charge on any atom is 3.00 e. The minimum Gasteiger partial charge on any atom is -0.358 e. The quantitative estimate of drug-likeness (QED) is 0.434. The van der Waals surface area contributed by atoms with E-state index in [9.17, 15) is 0 Å². The van der Waals surface area contributed by atoms with Crippen LogP contribution in [0.1, 0.15) is 0 Å². The van der Waals surface area contributed by atoms with Crippen LogP contribution in [0.2, 0.25) is 0 Å². The average Bonchev–Trinajstić information content (AvgIpc) is 2.39. The van der Waals surface area contributed by atoms with Crippen molar-refractivity contribution >= 4 is 28.1 Å². The predicted octanol–water partition coefficient (Wildman–Crippen LogP) is 4.83. The Morgan fingerprint density at radius 3 is 2.16 bits per heavy atom. The van der Waals surface area contributed by atoms with Crippen molar-refractivity contribution in [1.29, 1.82) is 0 Å². The topological polar surface area (TPSA) is 0 Å². The Bertz CT molecular complexity index is 609. The second kappa shape index (κ2) is 7.79. The van der Waals surface area contributed by atoms with Gasteiger partial charge >= 0.3 is 17.4 Å². The molecule has 3 aromatic rings. The van der Waals surface area contributed by atoms with E-state index in [1.54, 1.807) is 0 Å². The number of rotatable bonds is 1. The van der Waals surface area contributed by atoms with Gasteiger partial charge in [-0.1, -0.05) is 42.0 Å². The minimum atomic E-state index is 0. The predicted molar refractivity (Wildman–Crippen MR) is 86.8 cm³/mol. The van der Waals surface area contributed by atoms with Gasteiger partial charge in [-0.15, -0.1) is 47.2 Å². The van der Waals surface area contributed by atoms with E-state index >= 15 is 0 Å². The summed E-state index contributed by atoms with van der Waals surface area (Å²) in [6, 6.07) is 26.2. The summed E-state index contributed by atoms with van der Waals surface area (Å²) in [5.74, 6) is 0. The van der Waals surface area contributed by atoms with Gasteiger partial charge in [0.05, 0.1) is 0 Å². The standard InChI is InChI=1S/C16H11.2CH3.Al/c1-2-7-13(8-3-1)16-12-6-10-14-9-4-5-11-15(14)16;;;/h1-8,10-12H;2*1H3;/q3*-1;+3. The van der Waals surface area contributed by atoms with E-state index in [1.165, 1.54) is 21.9 Å². The van der Waals surface area contributed by atoms with Gasteiger partial charge in [0.2, 0.25) is 0 Å². The van der Waals surface area contributed by atoms with E-state index in [0.717, 1.165) is 0 Å². The SMILES string of the molecule is [Al+3].[CH3-].[CH3-].[c-]1cccc2c(-c3ccccc3)cccc12. The first-order valence-corrected chi connectivity index (χ1v) is 5.40. The van der Waals surface area contributed by atoms with Crippen LogP contribution in [-0.2, 0) is 0 Å². The fraction of sp³-hybridized carbons (Fsp3) is 0. The summed E-state index contributed by atoms with van der Waals surface area (Å²) in [4.78, 5) is 0. The van der Waals surface area contributed by atoms with E-state index in [2.05, 4.69) is 54.6 Å². The molecule has 0 heterocycles. The van der Waals surface area contributed by atoms with Crippen LogP contribution in [0.25, 0.3) is 21.9 Å². The number of fused-ring (bicyclic) bond motifs is 1. The molecule has 0 amide bonds. The maximum atomic E-state index is 3.26. The summed E-state index contributed by atoms with van der Waals surface area (Å²) in [7, 11) is 0. The molecule has 0 saturated heterocycles. The second-order valence-corrected chi connectivity index (χ2v) is 3.80. The molecule has 0 nitrogen and oxygen atoms in total. The van der Waals surface area contributed by atoms with Crippen molar-refractivity contribution in [3.05, 3.63) is 87.6 Å². The first kappa shape index (κ1) is 17.5. The number of hydrogen-bond acceptors (Lipinski definition) is 0. The number of hydrogen-bond donors (Lipinski definition) is 0. The molecule has 0 fully saturated rings. The Balaban J connectivity index is 0.00000108. The smallest absolute Gasteiger partial charge is 0.358 e. The van der Waals surface area contributed by atoms with Crippen LogP contribution in [0.4, 0.5) is 0 Å². The van der Waals surface area contributed by atoms with E-state index in [0.29, 0.717) is 0 Å². The Morgan fingerprint density at radius 2 is 1.42 bits per heavy atom. The summed E-state index contributed by atoms with van der Waals surface area (Å²) in [6.45, 7) is 0. The third kappa shape index (κ3) is 3.47. The van der Waals surface area contributed by atoms with Gasteiger partial charge in [0, 0.05) is 0 Å². The zero-order chi connectivity index (χ0) is 10.8. The minimum absolute atomic E-state index is 0. The van der Waals surface area contributed by atoms with Crippen LogP contribution in [0.15, 0.2) is 66.7 Å². The van der Waals surface area contributed by atoms with Gasteiger partial charge in [-0.3, -0.25) is 0 Å². The van der Waals surface area contributed by atoms with Crippen LogP contribution in [0, 0.1) is 20.9 Å². The van der Waals surface area contributed by atoms with Gasteiger partial charge in [0.1, 0.15) is 0 Å². The molecule has 0 atom stereocenters. The van der Waals surface area contributed by atoms with E-state index in [1.807, 2.05) is 18.2 Å². The zero-order valence-corrected chi connectivity index (χ0v) is 12.6. The molecule has 0 aliphatic rings. The summed E-state index contributed by atoms with van der Waals surface area (Å²) >= 11 is 0. The summed E-state index contributed by atoms with van der Waals surface area (Å²) in [5.41, 5.74) is 2.53. The molecule has 0 aliphatic carbocycles. The molecule has 19 heavy (non-hydrogen) atoms. The molecule has 0 saturated carbocycles. The van der Waals surface area contributed by atoms with Gasteiger partial charge in [-0.2, -0.15) is 0 Å². The molecule has 1 heteroatoms. The maximum absolute atomic E-state index is 3.26. The van der Waals surface area contributed by atoms with Gasteiger partial charge in [0.15, 0.2) is 0 Å². The van der Waals surface area contributed by atoms with Gasteiger partial charge in [0.25, 0.3) is 0 Å². The third-order valence-electron chi connectivity index (χ3n) is 2.79. The Kier molecular flexibility index (Phi) is 7.16. The van der Waals surface area contributed by atoms with E-state index in [4.69, 9.17) is 0 Å². The zero-order valence-electron chi connectivity index (χ0n) is 11.4. The van der Waals surface area contributed by atoms with Crippen molar-refractivity contribution in [2.45, 2.75) is 0 Å². The van der Waals surface area contributed by atoms with Crippen molar-refractivity contribution in [1.82, 2.24) is 0 Å². The molecule has 0 spiro atoms. The van der Waals surface area contributed by atoms with Crippen molar-refractivity contribution in [3.63, 3.8) is 0 Å². The molecular formula is C18H17Al. The first-order chi connectivity index (χ1) is 7.95. The Labute approximate surface area is 127 Å². The molecule has 0 radical (unpaired) electrons. The van der Waals surface area contributed by atoms with Gasteiger partial charge in [-0.05, 0) is 5.56 Å². The van der Waals surface area contributed by atoms with Gasteiger partial charge in [-0.25, -0.2) is 0 Å². The Morgan fingerprint density at radius 1 is 0.684 bits per heavy atom. The second-order valence-electron chi connectivity index (χ2n) is 3.80. The molecule has 3 aromatic carbocycles.